The molecule has 31 heavy (non-hydrogen) atoms. The highest BCUT2D eigenvalue weighted by Crippen LogP contribution is 2.33. The lowest BCUT2D eigenvalue weighted by atomic mass is 10.2. The van der Waals surface area contributed by atoms with E-state index in [0.29, 0.717) is 3.57 Å². The average Bonchev–Trinajstić information content (AvgIpc) is 2.72. The van der Waals surface area contributed by atoms with Crippen LogP contribution in [0.3, 0.4) is 0 Å². The Morgan fingerprint density at radius 1 is 1.23 bits per heavy atom. The number of carbonyl (C=O) groups is 1. The summed E-state index contributed by atoms with van der Waals surface area (Å²) in [5, 5.41) is 1.09. The molecule has 0 atom stereocenters. The molecule has 2 aromatic carbocycles. The summed E-state index contributed by atoms with van der Waals surface area (Å²) in [4.78, 5) is 21.8. The third kappa shape index (κ3) is 5.61. The van der Waals surface area contributed by atoms with Crippen LogP contribution in [-0.4, -0.2) is 25.1 Å². The Morgan fingerprint density at radius 2 is 2.00 bits per heavy atom. The molecule has 162 valence electrons. The number of amides is 1. The number of nitrogens with one attached hydrogen (secondary N) is 1. The zero-order valence-electron chi connectivity index (χ0n) is 16.2. The number of carbonyl (C=O) groups excluding carboxylic acids is 1. The van der Waals surface area contributed by atoms with Gasteiger partial charge in [0.2, 0.25) is 10.0 Å². The van der Waals surface area contributed by atoms with Gasteiger partial charge in [0.05, 0.1) is 23.2 Å². The van der Waals surface area contributed by atoms with Crippen LogP contribution in [0.1, 0.15) is 17.3 Å². The highest BCUT2D eigenvalue weighted by molar-refractivity contribution is 14.1. The number of hydrogen-bond acceptors (Lipinski definition) is 6. The molecule has 1 heterocycles. The monoisotopic (exact) mass is 556 g/mol. The van der Waals surface area contributed by atoms with Crippen LogP contribution in [0.5, 0.6) is 5.75 Å². The second-order valence-electron chi connectivity index (χ2n) is 6.27. The fourth-order valence-corrected chi connectivity index (χ4v) is 3.69. The summed E-state index contributed by atoms with van der Waals surface area (Å²) in [6.45, 7) is 1.51. The molecule has 0 radical (unpaired) electrons. The van der Waals surface area contributed by atoms with Crippen LogP contribution in [0.15, 0.2) is 60.9 Å². The quantitative estimate of drug-likeness (QED) is 0.322. The molecule has 0 saturated carbocycles. The SMILES string of the molecule is CCS(=O)(=O)Nc1cccc(ON(c2ccc(I)cc2F)c2cnccc2C(N)=O)c1. The van der Waals surface area contributed by atoms with Crippen molar-refractivity contribution in [1.82, 2.24) is 4.98 Å². The third-order valence-corrected chi connectivity index (χ3v) is 6.07. The van der Waals surface area contributed by atoms with Crippen molar-refractivity contribution in [1.29, 1.82) is 0 Å². The van der Waals surface area contributed by atoms with Crippen LogP contribution in [-0.2, 0) is 10.0 Å². The predicted molar refractivity (Wildman–Crippen MR) is 124 cm³/mol. The Labute approximate surface area is 192 Å². The third-order valence-electron chi connectivity index (χ3n) is 4.10. The van der Waals surface area contributed by atoms with Crippen molar-refractivity contribution >= 4 is 55.6 Å². The molecule has 3 N–H and O–H groups in total. The zero-order valence-corrected chi connectivity index (χ0v) is 19.2. The molecule has 0 unspecified atom stereocenters. The molecule has 8 nitrogen and oxygen atoms in total. The number of benzene rings is 2. The van der Waals surface area contributed by atoms with Gasteiger partial charge in [0.25, 0.3) is 5.91 Å². The van der Waals surface area contributed by atoms with Crippen molar-refractivity contribution in [2.24, 2.45) is 5.73 Å². The van der Waals surface area contributed by atoms with Crippen LogP contribution >= 0.6 is 22.6 Å². The zero-order chi connectivity index (χ0) is 22.6. The first-order valence-corrected chi connectivity index (χ1v) is 11.7. The maximum Gasteiger partial charge on any atom is 0.251 e. The van der Waals surface area contributed by atoms with Gasteiger partial charge in [-0.15, -0.1) is 0 Å². The van der Waals surface area contributed by atoms with Gasteiger partial charge in [-0.3, -0.25) is 14.5 Å². The molecule has 0 bridgehead atoms. The summed E-state index contributed by atoms with van der Waals surface area (Å²) in [6, 6.07) is 12.0. The summed E-state index contributed by atoms with van der Waals surface area (Å²) in [5.74, 6) is -1.26. The summed E-state index contributed by atoms with van der Waals surface area (Å²) in [6.07, 6.45) is 2.70. The first-order chi connectivity index (χ1) is 14.7. The summed E-state index contributed by atoms with van der Waals surface area (Å²) in [7, 11) is -3.50. The molecule has 0 spiro atoms. The topological polar surface area (TPSA) is 115 Å². The van der Waals surface area contributed by atoms with E-state index < -0.39 is 21.7 Å². The normalized spacial score (nSPS) is 11.1. The predicted octanol–water partition coefficient (Wildman–Crippen LogP) is 3.82. The molecular weight excluding hydrogens is 538 g/mol. The number of nitrogens with two attached hydrogens (primary N) is 1. The van der Waals surface area contributed by atoms with Gasteiger partial charge < -0.3 is 10.6 Å². The highest BCUT2D eigenvalue weighted by atomic mass is 127. The number of hydrogen-bond donors (Lipinski definition) is 2. The van der Waals surface area contributed by atoms with E-state index in [2.05, 4.69) is 9.71 Å². The maximum absolute atomic E-state index is 14.8. The maximum atomic E-state index is 14.8. The van der Waals surface area contributed by atoms with Crippen molar-refractivity contribution in [3.63, 3.8) is 0 Å². The standard InChI is InChI=1S/C20H18FIN4O4S/c1-2-31(28,29)25-14-4-3-5-15(11-14)30-26(18-7-6-13(22)10-17(18)21)19-12-24-9-8-16(19)20(23)27/h3-12,25H,2H2,1H3,(H2,23,27). The van der Waals surface area contributed by atoms with Crippen LogP contribution < -0.4 is 20.4 Å². The van der Waals surface area contributed by atoms with Gasteiger partial charge in [-0.1, -0.05) is 6.07 Å². The molecule has 0 aliphatic heterocycles. The largest absolute Gasteiger partial charge is 0.374 e. The van der Waals surface area contributed by atoms with Gasteiger partial charge in [-0.05, 0) is 65.9 Å². The molecule has 3 rings (SSSR count). The molecule has 3 aromatic rings. The van der Waals surface area contributed by atoms with E-state index in [1.165, 1.54) is 43.6 Å². The van der Waals surface area contributed by atoms with E-state index in [-0.39, 0.29) is 34.1 Å². The molecule has 0 aliphatic rings. The smallest absolute Gasteiger partial charge is 0.251 e. The average molecular weight is 556 g/mol. The molecule has 0 aliphatic carbocycles. The minimum atomic E-state index is -3.50. The van der Waals surface area contributed by atoms with Crippen molar-refractivity contribution in [2.75, 3.05) is 15.5 Å². The second kappa shape index (κ2) is 9.47. The lowest BCUT2D eigenvalue weighted by Gasteiger charge is -2.26. The fraction of sp³-hybridized carbons (Fsp3) is 0.100. The van der Waals surface area contributed by atoms with E-state index in [1.807, 2.05) is 22.6 Å². The van der Waals surface area contributed by atoms with Crippen LogP contribution in [0.2, 0.25) is 0 Å². The van der Waals surface area contributed by atoms with Crippen molar-refractivity contribution in [2.45, 2.75) is 6.92 Å². The fourth-order valence-electron chi connectivity index (χ4n) is 2.60. The Bertz CT molecular complexity index is 1220. The Kier molecular flexibility index (Phi) is 6.95. The van der Waals surface area contributed by atoms with E-state index in [1.54, 1.807) is 24.3 Å². The van der Waals surface area contributed by atoms with E-state index in [4.69, 9.17) is 10.6 Å². The summed E-state index contributed by atoms with van der Waals surface area (Å²) >= 11 is 1.97. The van der Waals surface area contributed by atoms with E-state index in [9.17, 15) is 17.6 Å². The number of primary amides is 1. The van der Waals surface area contributed by atoms with Gasteiger partial charge in [0.1, 0.15) is 11.4 Å². The number of anilines is 3. The number of pyridine rings is 1. The number of aromatic nitrogens is 1. The second-order valence-corrected chi connectivity index (χ2v) is 9.53. The van der Waals surface area contributed by atoms with Crippen molar-refractivity contribution in [3.8, 4) is 5.75 Å². The molecular formula is C20H18FIN4O4S. The van der Waals surface area contributed by atoms with E-state index in [0.717, 1.165) is 5.06 Å². The lowest BCUT2D eigenvalue weighted by Crippen LogP contribution is -2.26. The molecule has 1 amide bonds. The van der Waals surface area contributed by atoms with Crippen LogP contribution in [0, 0.1) is 9.39 Å². The van der Waals surface area contributed by atoms with Crippen LogP contribution in [0.4, 0.5) is 21.5 Å². The van der Waals surface area contributed by atoms with Gasteiger partial charge in [-0.25, -0.2) is 12.8 Å². The van der Waals surface area contributed by atoms with Gasteiger partial charge >= 0.3 is 0 Å². The number of halogens is 2. The molecule has 0 saturated heterocycles. The van der Waals surface area contributed by atoms with Gasteiger partial charge in [0, 0.05) is 15.8 Å². The number of nitrogens with zero attached hydrogens (tertiary/aromatic N) is 2. The van der Waals surface area contributed by atoms with Crippen molar-refractivity contribution < 1.29 is 22.4 Å². The minimum absolute atomic E-state index is 0.00968. The first kappa shape index (κ1) is 22.7. The highest BCUT2D eigenvalue weighted by Gasteiger charge is 2.22. The Morgan fingerprint density at radius 3 is 2.68 bits per heavy atom. The Hall–Kier alpha value is -2.93. The number of sulfonamides is 1. The summed E-state index contributed by atoms with van der Waals surface area (Å²) in [5.41, 5.74) is 5.94. The van der Waals surface area contributed by atoms with Crippen LogP contribution in [0.25, 0.3) is 0 Å². The van der Waals surface area contributed by atoms with Crippen molar-refractivity contribution in [3.05, 3.63) is 75.9 Å². The summed E-state index contributed by atoms with van der Waals surface area (Å²) < 4.78 is 41.6. The first-order valence-electron chi connectivity index (χ1n) is 8.97. The molecule has 1 aromatic heterocycles. The lowest BCUT2D eigenvalue weighted by molar-refractivity contribution is 0.0999. The minimum Gasteiger partial charge on any atom is -0.374 e. The number of rotatable bonds is 8. The molecule has 11 heteroatoms. The Balaban J connectivity index is 2.08. The molecule has 0 fully saturated rings. The van der Waals surface area contributed by atoms with Gasteiger partial charge in [0.15, 0.2) is 11.6 Å². The van der Waals surface area contributed by atoms with E-state index >= 15 is 0 Å². The van der Waals surface area contributed by atoms with Gasteiger partial charge in [-0.2, -0.15) is 5.06 Å².